The van der Waals surface area contributed by atoms with Crippen LogP contribution in [0.15, 0.2) is 60.8 Å². The summed E-state index contributed by atoms with van der Waals surface area (Å²) in [5.74, 6) is -7.74. The standard InChI is InChI=1S/C24H22F2N4O5/c1-30-19(10-11-28-30)20(21(31)32)29-22(33)24(25,26)13-27-23(34)35-12-18-16-8-4-2-6-14(16)15-7-3-5-9-17(15)18/h2-11,18,20H,12-13H2,1H3,(H,27,34)(H,29,33)(H,31,32). The molecule has 0 aliphatic heterocycles. The number of carboxylic acid groups (broad SMARTS) is 1. The molecule has 1 aromatic heterocycles. The Morgan fingerprint density at radius 2 is 1.69 bits per heavy atom. The summed E-state index contributed by atoms with van der Waals surface area (Å²) >= 11 is 0. The maximum Gasteiger partial charge on any atom is 0.407 e. The molecule has 0 spiro atoms. The molecule has 2 aromatic carbocycles. The SMILES string of the molecule is Cn1nccc1C(NC(=O)C(F)(F)CNC(=O)OCC1c2ccccc2-c2ccccc21)C(=O)O. The molecule has 182 valence electrons. The summed E-state index contributed by atoms with van der Waals surface area (Å²) in [7, 11) is 1.41. The van der Waals surface area contributed by atoms with Crippen LogP contribution in [0.2, 0.25) is 0 Å². The highest BCUT2D eigenvalue weighted by Gasteiger charge is 2.42. The summed E-state index contributed by atoms with van der Waals surface area (Å²) in [6.45, 7) is -1.45. The molecule has 0 bridgehead atoms. The normalized spacial score (nSPS) is 13.5. The number of fused-ring (bicyclic) bond motifs is 3. The van der Waals surface area contributed by atoms with Crippen LogP contribution in [0.25, 0.3) is 11.1 Å². The maximum absolute atomic E-state index is 14.4. The van der Waals surface area contributed by atoms with Gasteiger partial charge >= 0.3 is 18.0 Å². The Morgan fingerprint density at radius 1 is 1.09 bits per heavy atom. The van der Waals surface area contributed by atoms with Crippen molar-refractivity contribution in [2.24, 2.45) is 7.05 Å². The Labute approximate surface area is 198 Å². The average Bonchev–Trinajstić information content (AvgIpc) is 3.40. The van der Waals surface area contributed by atoms with E-state index in [1.54, 1.807) is 5.32 Å². The smallest absolute Gasteiger partial charge is 0.407 e. The number of rotatable bonds is 8. The van der Waals surface area contributed by atoms with Gasteiger partial charge in [0.1, 0.15) is 6.61 Å². The lowest BCUT2D eigenvalue weighted by molar-refractivity contribution is -0.151. The van der Waals surface area contributed by atoms with E-state index in [2.05, 4.69) is 5.10 Å². The molecular formula is C24H22F2N4O5. The van der Waals surface area contributed by atoms with Gasteiger partial charge in [0.05, 0.1) is 12.2 Å². The number of aliphatic carboxylic acids is 1. The van der Waals surface area contributed by atoms with E-state index in [9.17, 15) is 28.3 Å². The first-order valence-electron chi connectivity index (χ1n) is 10.7. The van der Waals surface area contributed by atoms with Crippen LogP contribution < -0.4 is 10.6 Å². The molecule has 1 unspecified atom stereocenters. The topological polar surface area (TPSA) is 123 Å². The van der Waals surface area contributed by atoms with Gasteiger partial charge in [-0.05, 0) is 28.3 Å². The van der Waals surface area contributed by atoms with Crippen molar-refractivity contribution in [1.29, 1.82) is 0 Å². The zero-order chi connectivity index (χ0) is 25.2. The quantitative estimate of drug-likeness (QED) is 0.452. The molecule has 0 fully saturated rings. The molecule has 3 aromatic rings. The minimum Gasteiger partial charge on any atom is -0.479 e. The predicted octanol–water partition coefficient (Wildman–Crippen LogP) is 2.84. The van der Waals surface area contributed by atoms with Gasteiger partial charge in [0.2, 0.25) is 0 Å². The number of ether oxygens (including phenoxy) is 1. The maximum atomic E-state index is 14.4. The number of aryl methyl sites for hydroxylation is 1. The highest BCUT2D eigenvalue weighted by Crippen LogP contribution is 2.44. The summed E-state index contributed by atoms with van der Waals surface area (Å²) in [5, 5.41) is 16.8. The van der Waals surface area contributed by atoms with Crippen LogP contribution in [0.4, 0.5) is 13.6 Å². The van der Waals surface area contributed by atoms with Crippen LogP contribution in [0.5, 0.6) is 0 Å². The van der Waals surface area contributed by atoms with Gasteiger partial charge in [-0.1, -0.05) is 48.5 Å². The molecule has 1 aliphatic rings. The first-order chi connectivity index (χ1) is 16.7. The van der Waals surface area contributed by atoms with Crippen molar-refractivity contribution in [2.45, 2.75) is 17.9 Å². The van der Waals surface area contributed by atoms with E-state index in [0.29, 0.717) is 0 Å². The minimum absolute atomic E-state index is 0.00569. The molecule has 35 heavy (non-hydrogen) atoms. The van der Waals surface area contributed by atoms with Gasteiger partial charge in [-0.15, -0.1) is 0 Å². The number of halogens is 2. The fourth-order valence-corrected chi connectivity index (χ4v) is 4.08. The number of alkyl halides is 2. The molecule has 1 atom stereocenters. The number of carbonyl (C=O) groups is 3. The van der Waals surface area contributed by atoms with Crippen molar-refractivity contribution in [3.63, 3.8) is 0 Å². The van der Waals surface area contributed by atoms with Gasteiger partial charge in [-0.25, -0.2) is 9.59 Å². The third-order valence-corrected chi connectivity index (χ3v) is 5.81. The monoisotopic (exact) mass is 484 g/mol. The van der Waals surface area contributed by atoms with Crippen LogP contribution in [0.1, 0.15) is 28.8 Å². The second-order valence-electron chi connectivity index (χ2n) is 8.01. The molecule has 11 heteroatoms. The van der Waals surface area contributed by atoms with Crippen molar-refractivity contribution >= 4 is 18.0 Å². The van der Waals surface area contributed by atoms with Gasteiger partial charge in [-0.2, -0.15) is 13.9 Å². The third kappa shape index (κ3) is 4.84. The van der Waals surface area contributed by atoms with Crippen LogP contribution in [-0.2, 0) is 21.4 Å². The Kier molecular flexibility index (Phi) is 6.50. The first kappa shape index (κ1) is 23.9. The Balaban J connectivity index is 1.35. The van der Waals surface area contributed by atoms with Gasteiger partial charge in [0.25, 0.3) is 5.91 Å². The number of hydrogen-bond donors (Lipinski definition) is 3. The van der Waals surface area contributed by atoms with Crippen molar-refractivity contribution in [3.05, 3.63) is 77.6 Å². The molecule has 1 heterocycles. The minimum atomic E-state index is -4.09. The number of aromatic nitrogens is 2. The van der Waals surface area contributed by atoms with Crippen LogP contribution in [0, 0.1) is 0 Å². The van der Waals surface area contributed by atoms with Crippen molar-refractivity contribution in [3.8, 4) is 11.1 Å². The first-order valence-corrected chi connectivity index (χ1v) is 10.7. The fourth-order valence-electron chi connectivity index (χ4n) is 4.08. The lowest BCUT2D eigenvalue weighted by Gasteiger charge is -2.20. The van der Waals surface area contributed by atoms with Crippen molar-refractivity contribution < 1.29 is 33.0 Å². The number of carbonyl (C=O) groups excluding carboxylic acids is 2. The summed E-state index contributed by atoms with van der Waals surface area (Å²) < 4.78 is 35.1. The number of benzene rings is 2. The number of nitrogens with zero attached hydrogens (tertiary/aromatic N) is 2. The molecule has 2 amide bonds. The van der Waals surface area contributed by atoms with Crippen molar-refractivity contribution in [2.75, 3.05) is 13.2 Å². The molecule has 0 saturated carbocycles. The van der Waals surface area contributed by atoms with E-state index in [1.807, 2.05) is 53.8 Å². The molecule has 3 N–H and O–H groups in total. The molecule has 1 aliphatic carbocycles. The van der Waals surface area contributed by atoms with E-state index in [-0.39, 0.29) is 18.2 Å². The second-order valence-corrected chi connectivity index (χ2v) is 8.01. The number of hydrogen-bond acceptors (Lipinski definition) is 5. The fraction of sp³-hybridized carbons (Fsp3) is 0.250. The summed E-state index contributed by atoms with van der Waals surface area (Å²) in [5.41, 5.74) is 3.96. The lowest BCUT2D eigenvalue weighted by atomic mass is 9.98. The molecule has 9 nitrogen and oxygen atoms in total. The van der Waals surface area contributed by atoms with Gasteiger partial charge < -0.3 is 20.5 Å². The van der Waals surface area contributed by atoms with E-state index in [1.165, 1.54) is 19.3 Å². The molecule has 0 saturated heterocycles. The number of alkyl carbamates (subject to hydrolysis) is 1. The lowest BCUT2D eigenvalue weighted by Crippen LogP contribution is -2.50. The Bertz CT molecular complexity index is 1230. The molecular weight excluding hydrogens is 462 g/mol. The molecule has 0 radical (unpaired) electrons. The van der Waals surface area contributed by atoms with Crippen LogP contribution in [0.3, 0.4) is 0 Å². The Hall–Kier alpha value is -4.28. The summed E-state index contributed by atoms with van der Waals surface area (Å²) in [6, 6.07) is 14.8. The number of amides is 2. The van der Waals surface area contributed by atoms with Crippen LogP contribution >= 0.6 is 0 Å². The highest BCUT2D eigenvalue weighted by atomic mass is 19.3. The zero-order valence-corrected chi connectivity index (χ0v) is 18.6. The Morgan fingerprint density at radius 3 is 2.23 bits per heavy atom. The van der Waals surface area contributed by atoms with E-state index < -0.39 is 36.5 Å². The number of carboxylic acids is 1. The van der Waals surface area contributed by atoms with Crippen molar-refractivity contribution in [1.82, 2.24) is 20.4 Å². The van der Waals surface area contributed by atoms with E-state index >= 15 is 0 Å². The largest absolute Gasteiger partial charge is 0.479 e. The second kappa shape index (κ2) is 9.53. The summed E-state index contributed by atoms with van der Waals surface area (Å²) in [4.78, 5) is 35.7. The summed E-state index contributed by atoms with van der Waals surface area (Å²) in [6.07, 6.45) is 0.148. The highest BCUT2D eigenvalue weighted by molar-refractivity contribution is 5.89. The van der Waals surface area contributed by atoms with Gasteiger partial charge in [0.15, 0.2) is 6.04 Å². The number of nitrogens with one attached hydrogen (secondary N) is 2. The van der Waals surface area contributed by atoms with E-state index in [4.69, 9.17) is 4.74 Å². The van der Waals surface area contributed by atoms with E-state index in [0.717, 1.165) is 26.9 Å². The van der Waals surface area contributed by atoms with Crippen LogP contribution in [-0.4, -0.2) is 51.9 Å². The molecule has 4 rings (SSSR count). The average molecular weight is 484 g/mol. The predicted molar refractivity (Wildman–Crippen MR) is 120 cm³/mol. The van der Waals surface area contributed by atoms with Gasteiger partial charge in [0, 0.05) is 19.2 Å². The van der Waals surface area contributed by atoms with Gasteiger partial charge in [-0.3, -0.25) is 9.48 Å². The zero-order valence-electron chi connectivity index (χ0n) is 18.6. The third-order valence-electron chi connectivity index (χ3n) is 5.81.